The van der Waals surface area contributed by atoms with Gasteiger partial charge >= 0.3 is 0 Å². The van der Waals surface area contributed by atoms with E-state index in [0.717, 1.165) is 25.7 Å². The molecule has 1 atom stereocenters. The van der Waals surface area contributed by atoms with Crippen molar-refractivity contribution < 1.29 is 13.2 Å². The summed E-state index contributed by atoms with van der Waals surface area (Å²) < 4.78 is 33.4. The Bertz CT molecular complexity index is 619. The van der Waals surface area contributed by atoms with Crippen LogP contribution in [0.3, 0.4) is 0 Å². The quantitative estimate of drug-likeness (QED) is 0.822. The fourth-order valence-electron chi connectivity index (χ4n) is 2.64. The summed E-state index contributed by atoms with van der Waals surface area (Å²) in [7, 11) is -2.15. The molecule has 7 heteroatoms. The van der Waals surface area contributed by atoms with Crippen LogP contribution < -0.4 is 10.5 Å². The van der Waals surface area contributed by atoms with Crippen LogP contribution in [-0.2, 0) is 10.0 Å². The lowest BCUT2D eigenvalue weighted by atomic mass is 10.1. The number of hydrogen-bond donors (Lipinski definition) is 1. The van der Waals surface area contributed by atoms with Gasteiger partial charge in [0.25, 0.3) is 0 Å². The Hall–Kier alpha value is -0.790. The second-order valence-electron chi connectivity index (χ2n) is 5.34. The van der Waals surface area contributed by atoms with E-state index in [0.29, 0.717) is 22.5 Å². The van der Waals surface area contributed by atoms with Crippen LogP contribution in [0.25, 0.3) is 0 Å². The smallest absolute Gasteiger partial charge is 0.247 e. The molecule has 0 saturated carbocycles. The van der Waals surface area contributed by atoms with E-state index in [4.69, 9.17) is 10.5 Å². The third-order valence-electron chi connectivity index (χ3n) is 3.86. The van der Waals surface area contributed by atoms with Gasteiger partial charge in [0.05, 0.1) is 7.11 Å². The standard InChI is InChI=1S/C14H21BrN2O3S/c1-10-6-4-3-5-7-17(10)21(18,19)14-9-12(16)11(15)8-13(14)20-2/h8-10H,3-7,16H2,1-2H3. The second-order valence-corrected chi connectivity index (χ2v) is 8.05. The minimum Gasteiger partial charge on any atom is -0.495 e. The molecule has 1 fully saturated rings. The van der Waals surface area contributed by atoms with Gasteiger partial charge in [-0.15, -0.1) is 0 Å². The predicted molar refractivity (Wildman–Crippen MR) is 86.9 cm³/mol. The van der Waals surface area contributed by atoms with Crippen molar-refractivity contribution in [3.05, 3.63) is 16.6 Å². The van der Waals surface area contributed by atoms with Gasteiger partial charge < -0.3 is 10.5 Å². The molecular weight excluding hydrogens is 356 g/mol. The molecule has 0 aromatic heterocycles. The van der Waals surface area contributed by atoms with Gasteiger partial charge in [-0.1, -0.05) is 12.8 Å². The molecule has 0 bridgehead atoms. The maximum Gasteiger partial charge on any atom is 0.247 e. The molecule has 1 aliphatic heterocycles. The fourth-order valence-corrected chi connectivity index (χ4v) is 4.84. The van der Waals surface area contributed by atoms with E-state index >= 15 is 0 Å². The van der Waals surface area contributed by atoms with Crippen LogP contribution in [0.1, 0.15) is 32.6 Å². The zero-order valence-corrected chi connectivity index (χ0v) is 14.7. The Labute approximate surface area is 134 Å². The minimum atomic E-state index is -3.61. The van der Waals surface area contributed by atoms with Crippen LogP contribution in [0.5, 0.6) is 5.75 Å². The summed E-state index contributed by atoms with van der Waals surface area (Å²) in [5, 5.41) is 0. The number of nitrogens with two attached hydrogens (primary N) is 1. The zero-order valence-electron chi connectivity index (χ0n) is 12.3. The van der Waals surface area contributed by atoms with Crippen LogP contribution in [0.4, 0.5) is 5.69 Å². The first-order chi connectivity index (χ1) is 9.87. The molecular formula is C14H21BrN2O3S. The average molecular weight is 377 g/mol. The molecule has 1 heterocycles. The van der Waals surface area contributed by atoms with E-state index in [-0.39, 0.29) is 10.9 Å². The lowest BCUT2D eigenvalue weighted by Gasteiger charge is -2.27. The summed E-state index contributed by atoms with van der Waals surface area (Å²) in [6.45, 7) is 2.50. The summed E-state index contributed by atoms with van der Waals surface area (Å²) in [6, 6.07) is 3.06. The van der Waals surface area contributed by atoms with Gasteiger partial charge in [-0.05, 0) is 47.8 Å². The molecule has 2 rings (SSSR count). The van der Waals surface area contributed by atoms with E-state index in [1.54, 1.807) is 10.4 Å². The van der Waals surface area contributed by atoms with Crippen LogP contribution in [-0.4, -0.2) is 32.4 Å². The Morgan fingerprint density at radius 1 is 1.33 bits per heavy atom. The van der Waals surface area contributed by atoms with Crippen molar-refractivity contribution in [1.29, 1.82) is 0 Å². The highest BCUT2D eigenvalue weighted by Gasteiger charge is 2.32. The van der Waals surface area contributed by atoms with E-state index in [2.05, 4.69) is 15.9 Å². The fraction of sp³-hybridized carbons (Fsp3) is 0.571. The van der Waals surface area contributed by atoms with Crippen molar-refractivity contribution in [3.63, 3.8) is 0 Å². The number of benzene rings is 1. The summed E-state index contributed by atoms with van der Waals surface area (Å²) in [6.07, 6.45) is 3.90. The Morgan fingerprint density at radius 2 is 2.05 bits per heavy atom. The molecule has 0 spiro atoms. The highest BCUT2D eigenvalue weighted by atomic mass is 79.9. The largest absolute Gasteiger partial charge is 0.495 e. The van der Waals surface area contributed by atoms with Crippen LogP contribution in [0.15, 0.2) is 21.5 Å². The number of rotatable bonds is 3. The molecule has 21 heavy (non-hydrogen) atoms. The highest BCUT2D eigenvalue weighted by Crippen LogP contribution is 2.35. The number of halogens is 1. The van der Waals surface area contributed by atoms with E-state index in [9.17, 15) is 8.42 Å². The van der Waals surface area contributed by atoms with Crippen molar-refractivity contribution in [1.82, 2.24) is 4.31 Å². The van der Waals surface area contributed by atoms with E-state index in [1.807, 2.05) is 6.92 Å². The molecule has 1 unspecified atom stereocenters. The topological polar surface area (TPSA) is 72.6 Å². The highest BCUT2D eigenvalue weighted by molar-refractivity contribution is 9.10. The number of methoxy groups -OCH3 is 1. The predicted octanol–water partition coefficient (Wildman–Crippen LogP) is 2.99. The molecule has 0 amide bonds. The first-order valence-corrected chi connectivity index (χ1v) is 9.26. The van der Waals surface area contributed by atoms with Gasteiger partial charge in [-0.2, -0.15) is 4.31 Å². The van der Waals surface area contributed by atoms with Crippen molar-refractivity contribution in [2.24, 2.45) is 0 Å². The number of hydrogen-bond acceptors (Lipinski definition) is 4. The van der Waals surface area contributed by atoms with Crippen molar-refractivity contribution in [2.75, 3.05) is 19.4 Å². The van der Waals surface area contributed by atoms with Gasteiger partial charge in [0.15, 0.2) is 0 Å². The third kappa shape index (κ3) is 3.35. The lowest BCUT2D eigenvalue weighted by molar-refractivity contribution is 0.338. The van der Waals surface area contributed by atoms with Gasteiger partial charge in [0.2, 0.25) is 10.0 Å². The Morgan fingerprint density at radius 3 is 2.71 bits per heavy atom. The number of sulfonamides is 1. The number of anilines is 1. The minimum absolute atomic E-state index is 0.00734. The first kappa shape index (κ1) is 16.6. The zero-order chi connectivity index (χ0) is 15.6. The number of ether oxygens (including phenoxy) is 1. The molecule has 0 radical (unpaired) electrons. The maximum absolute atomic E-state index is 13.0. The van der Waals surface area contributed by atoms with Gasteiger partial charge in [-0.25, -0.2) is 8.42 Å². The molecule has 1 aromatic carbocycles. The third-order valence-corrected chi connectivity index (χ3v) is 6.58. The van der Waals surface area contributed by atoms with Crippen molar-refractivity contribution in [2.45, 2.75) is 43.5 Å². The number of nitrogens with zero attached hydrogens (tertiary/aromatic N) is 1. The summed E-state index contributed by atoms with van der Waals surface area (Å²) in [5.41, 5.74) is 6.24. The van der Waals surface area contributed by atoms with Crippen LogP contribution in [0.2, 0.25) is 0 Å². The molecule has 1 aromatic rings. The van der Waals surface area contributed by atoms with Crippen LogP contribution >= 0.6 is 15.9 Å². The molecule has 1 saturated heterocycles. The summed E-state index contributed by atoms with van der Waals surface area (Å²) in [4.78, 5) is 0.138. The van der Waals surface area contributed by atoms with Crippen molar-refractivity contribution in [3.8, 4) is 5.75 Å². The summed E-state index contributed by atoms with van der Waals surface area (Å²) in [5.74, 6) is 0.313. The van der Waals surface area contributed by atoms with Crippen molar-refractivity contribution >= 4 is 31.6 Å². The van der Waals surface area contributed by atoms with E-state index in [1.165, 1.54) is 13.2 Å². The first-order valence-electron chi connectivity index (χ1n) is 7.02. The number of nitrogen functional groups attached to an aromatic ring is 1. The summed E-state index contributed by atoms with van der Waals surface area (Å²) >= 11 is 3.29. The second kappa shape index (κ2) is 6.54. The molecule has 118 valence electrons. The van der Waals surface area contributed by atoms with Gasteiger partial charge in [-0.3, -0.25) is 0 Å². The van der Waals surface area contributed by atoms with Gasteiger partial charge in [0.1, 0.15) is 10.6 Å². The molecule has 5 nitrogen and oxygen atoms in total. The monoisotopic (exact) mass is 376 g/mol. The van der Waals surface area contributed by atoms with E-state index < -0.39 is 10.0 Å². The Kier molecular flexibility index (Phi) is 5.16. The molecule has 0 aliphatic carbocycles. The maximum atomic E-state index is 13.0. The SMILES string of the molecule is COc1cc(Br)c(N)cc1S(=O)(=O)N1CCCCCC1C. The molecule has 2 N–H and O–H groups in total. The molecule has 1 aliphatic rings. The Balaban J connectivity index is 2.50. The lowest BCUT2D eigenvalue weighted by Crippen LogP contribution is -2.38. The van der Waals surface area contributed by atoms with Gasteiger partial charge in [0, 0.05) is 22.7 Å². The van der Waals surface area contributed by atoms with Crippen LogP contribution in [0, 0.1) is 0 Å². The average Bonchev–Trinajstić information content (AvgIpc) is 2.66. The normalized spacial score (nSPS) is 21.0.